The van der Waals surface area contributed by atoms with Crippen LogP contribution in [0.3, 0.4) is 0 Å². The summed E-state index contributed by atoms with van der Waals surface area (Å²) < 4.78 is 0. The third kappa shape index (κ3) is 4.57. The summed E-state index contributed by atoms with van der Waals surface area (Å²) in [5.41, 5.74) is 0. The van der Waals surface area contributed by atoms with E-state index in [4.69, 9.17) is 0 Å². The van der Waals surface area contributed by atoms with E-state index in [0.29, 0.717) is 0 Å². The molecule has 1 aliphatic carbocycles. The SMILES string of the molecule is CNCCC1CCN(CCNCC2CCC2)C1. The number of rotatable bonds is 8. The monoisotopic (exact) mass is 239 g/mol. The summed E-state index contributed by atoms with van der Waals surface area (Å²) >= 11 is 0. The van der Waals surface area contributed by atoms with E-state index in [2.05, 4.69) is 22.6 Å². The van der Waals surface area contributed by atoms with E-state index in [1.807, 2.05) is 0 Å². The summed E-state index contributed by atoms with van der Waals surface area (Å²) in [6, 6.07) is 0. The topological polar surface area (TPSA) is 27.3 Å². The molecule has 2 rings (SSSR count). The van der Waals surface area contributed by atoms with Crippen LogP contribution >= 0.6 is 0 Å². The molecule has 3 nitrogen and oxygen atoms in total. The fourth-order valence-electron chi connectivity index (χ4n) is 2.94. The smallest absolute Gasteiger partial charge is 0.0107 e. The fraction of sp³-hybridized carbons (Fsp3) is 1.00. The molecule has 1 aliphatic heterocycles. The molecule has 0 amide bonds. The molecule has 0 aromatic rings. The number of nitrogens with one attached hydrogen (secondary N) is 2. The summed E-state index contributed by atoms with van der Waals surface area (Å²) in [6.07, 6.45) is 7.14. The highest BCUT2D eigenvalue weighted by Gasteiger charge is 2.21. The van der Waals surface area contributed by atoms with Gasteiger partial charge >= 0.3 is 0 Å². The second-order valence-electron chi connectivity index (χ2n) is 5.85. The molecular formula is C14H29N3. The maximum atomic E-state index is 3.62. The minimum Gasteiger partial charge on any atom is -0.320 e. The van der Waals surface area contributed by atoms with Crippen molar-refractivity contribution >= 4 is 0 Å². The molecule has 0 aromatic carbocycles. The molecule has 100 valence electrons. The minimum absolute atomic E-state index is 0.939. The van der Waals surface area contributed by atoms with E-state index in [-0.39, 0.29) is 0 Å². The van der Waals surface area contributed by atoms with Crippen molar-refractivity contribution in [1.82, 2.24) is 15.5 Å². The Morgan fingerprint density at radius 1 is 1.12 bits per heavy atom. The van der Waals surface area contributed by atoms with E-state index < -0.39 is 0 Å². The van der Waals surface area contributed by atoms with Crippen LogP contribution in [0.2, 0.25) is 0 Å². The van der Waals surface area contributed by atoms with Gasteiger partial charge in [-0.3, -0.25) is 0 Å². The summed E-state index contributed by atoms with van der Waals surface area (Å²) in [6.45, 7) is 7.53. The standard InChI is InChI=1S/C14H29N3/c1-15-7-5-14-6-9-17(12-14)10-8-16-11-13-3-2-4-13/h13-16H,2-12H2,1H3. The van der Waals surface area contributed by atoms with E-state index in [0.717, 1.165) is 11.8 Å². The molecule has 1 saturated heterocycles. The molecule has 1 atom stereocenters. The van der Waals surface area contributed by atoms with Crippen LogP contribution in [-0.2, 0) is 0 Å². The van der Waals surface area contributed by atoms with E-state index in [9.17, 15) is 0 Å². The summed E-state index contributed by atoms with van der Waals surface area (Å²) in [4.78, 5) is 2.63. The average Bonchev–Trinajstić information content (AvgIpc) is 2.71. The normalized spacial score (nSPS) is 26.3. The number of nitrogens with zero attached hydrogens (tertiary/aromatic N) is 1. The quantitative estimate of drug-likeness (QED) is 0.625. The number of hydrogen-bond donors (Lipinski definition) is 2. The summed E-state index contributed by atoms with van der Waals surface area (Å²) in [5.74, 6) is 1.94. The van der Waals surface area contributed by atoms with Crippen LogP contribution in [-0.4, -0.2) is 51.2 Å². The Balaban J connectivity index is 1.46. The van der Waals surface area contributed by atoms with E-state index in [1.165, 1.54) is 71.4 Å². The molecular weight excluding hydrogens is 210 g/mol. The number of hydrogen-bond acceptors (Lipinski definition) is 3. The lowest BCUT2D eigenvalue weighted by Crippen LogP contribution is -2.34. The molecule has 2 N–H and O–H groups in total. The molecule has 0 bridgehead atoms. The Labute approximate surface area is 106 Å². The molecule has 17 heavy (non-hydrogen) atoms. The second-order valence-corrected chi connectivity index (χ2v) is 5.85. The highest BCUT2D eigenvalue weighted by molar-refractivity contribution is 4.77. The highest BCUT2D eigenvalue weighted by atomic mass is 15.2. The van der Waals surface area contributed by atoms with Gasteiger partial charge in [-0.25, -0.2) is 0 Å². The van der Waals surface area contributed by atoms with Crippen LogP contribution in [0, 0.1) is 11.8 Å². The second kappa shape index (κ2) is 7.34. The van der Waals surface area contributed by atoms with Crippen molar-refractivity contribution in [2.45, 2.75) is 32.1 Å². The van der Waals surface area contributed by atoms with Crippen molar-refractivity contribution in [2.24, 2.45) is 11.8 Å². The maximum Gasteiger partial charge on any atom is 0.0107 e. The molecule has 2 fully saturated rings. The lowest BCUT2D eigenvalue weighted by molar-refractivity contribution is 0.281. The third-order valence-corrected chi connectivity index (χ3v) is 4.44. The largest absolute Gasteiger partial charge is 0.320 e. The first-order valence-electron chi connectivity index (χ1n) is 7.46. The van der Waals surface area contributed by atoms with Crippen LogP contribution in [0.1, 0.15) is 32.1 Å². The highest BCUT2D eigenvalue weighted by Crippen LogP contribution is 2.25. The lowest BCUT2D eigenvalue weighted by Gasteiger charge is -2.26. The van der Waals surface area contributed by atoms with Gasteiger partial charge in [-0.05, 0) is 64.2 Å². The van der Waals surface area contributed by atoms with Crippen molar-refractivity contribution in [3.8, 4) is 0 Å². The Hall–Kier alpha value is -0.120. The van der Waals surface area contributed by atoms with Crippen molar-refractivity contribution < 1.29 is 0 Å². The van der Waals surface area contributed by atoms with Gasteiger partial charge in [0.2, 0.25) is 0 Å². The molecule has 1 saturated carbocycles. The predicted molar refractivity (Wildman–Crippen MR) is 73.3 cm³/mol. The van der Waals surface area contributed by atoms with Gasteiger partial charge in [0.05, 0.1) is 0 Å². The van der Waals surface area contributed by atoms with Gasteiger partial charge < -0.3 is 15.5 Å². The number of likely N-dealkylation sites (tertiary alicyclic amines) is 1. The van der Waals surface area contributed by atoms with Gasteiger partial charge in [0.15, 0.2) is 0 Å². The van der Waals surface area contributed by atoms with Crippen LogP contribution in [0.15, 0.2) is 0 Å². The minimum atomic E-state index is 0.939. The zero-order valence-corrected chi connectivity index (χ0v) is 11.4. The third-order valence-electron chi connectivity index (χ3n) is 4.44. The van der Waals surface area contributed by atoms with E-state index >= 15 is 0 Å². The summed E-state index contributed by atoms with van der Waals surface area (Å²) in [7, 11) is 2.05. The van der Waals surface area contributed by atoms with Crippen LogP contribution in [0.25, 0.3) is 0 Å². The van der Waals surface area contributed by atoms with Gasteiger partial charge in [0.25, 0.3) is 0 Å². The zero-order chi connectivity index (χ0) is 11.9. The molecule has 3 heteroatoms. The van der Waals surface area contributed by atoms with Crippen LogP contribution in [0.4, 0.5) is 0 Å². The first-order chi connectivity index (χ1) is 8.38. The molecule has 0 radical (unpaired) electrons. The van der Waals surface area contributed by atoms with E-state index in [1.54, 1.807) is 0 Å². The molecule has 0 aromatic heterocycles. The van der Waals surface area contributed by atoms with Crippen molar-refractivity contribution in [3.63, 3.8) is 0 Å². The Morgan fingerprint density at radius 2 is 2.00 bits per heavy atom. The molecule has 1 unspecified atom stereocenters. The maximum absolute atomic E-state index is 3.62. The van der Waals surface area contributed by atoms with Crippen molar-refractivity contribution in [1.29, 1.82) is 0 Å². The molecule has 0 spiro atoms. The molecule has 2 aliphatic rings. The fourth-order valence-corrected chi connectivity index (χ4v) is 2.94. The Bertz CT molecular complexity index is 204. The van der Waals surface area contributed by atoms with Crippen LogP contribution in [0.5, 0.6) is 0 Å². The van der Waals surface area contributed by atoms with Crippen LogP contribution < -0.4 is 10.6 Å². The lowest BCUT2D eigenvalue weighted by atomic mass is 9.85. The van der Waals surface area contributed by atoms with Crippen molar-refractivity contribution in [3.05, 3.63) is 0 Å². The Morgan fingerprint density at radius 3 is 2.71 bits per heavy atom. The average molecular weight is 239 g/mol. The van der Waals surface area contributed by atoms with Gasteiger partial charge in [0, 0.05) is 19.6 Å². The van der Waals surface area contributed by atoms with Gasteiger partial charge in [-0.15, -0.1) is 0 Å². The first kappa shape index (κ1) is 13.3. The predicted octanol–water partition coefficient (Wildman–Crippen LogP) is 1.31. The van der Waals surface area contributed by atoms with Gasteiger partial charge in [-0.2, -0.15) is 0 Å². The zero-order valence-electron chi connectivity index (χ0n) is 11.4. The Kier molecular flexibility index (Phi) is 5.75. The summed E-state index contributed by atoms with van der Waals surface area (Å²) in [5, 5.41) is 6.87. The first-order valence-corrected chi connectivity index (χ1v) is 7.46. The van der Waals surface area contributed by atoms with Gasteiger partial charge in [-0.1, -0.05) is 6.42 Å². The molecule has 1 heterocycles. The van der Waals surface area contributed by atoms with Gasteiger partial charge in [0.1, 0.15) is 0 Å². The van der Waals surface area contributed by atoms with Crippen molar-refractivity contribution in [2.75, 3.05) is 46.3 Å².